The molecular weight excluding hydrogens is 328 g/mol. The molecule has 6 nitrogen and oxygen atoms in total. The summed E-state index contributed by atoms with van der Waals surface area (Å²) in [4.78, 5) is 11.6. The molecule has 7 heteroatoms. The van der Waals surface area contributed by atoms with E-state index in [4.69, 9.17) is 10.00 Å². The molecule has 126 valence electrons. The Hall–Kier alpha value is -2.43. The molecular formula is C17H18N2O4S. The van der Waals surface area contributed by atoms with Crippen LogP contribution in [-0.2, 0) is 19.6 Å². The third kappa shape index (κ3) is 4.78. The number of carbonyl (C=O) groups excluding carboxylic acids is 1. The molecule has 0 amide bonds. The minimum absolute atomic E-state index is 0.0479. The van der Waals surface area contributed by atoms with Crippen LogP contribution >= 0.6 is 0 Å². The molecule has 0 aliphatic heterocycles. The van der Waals surface area contributed by atoms with Gasteiger partial charge in [0.05, 0.1) is 4.90 Å². The first-order valence-electron chi connectivity index (χ1n) is 7.50. The first kappa shape index (κ1) is 17.9. The maximum atomic E-state index is 12.3. The van der Waals surface area contributed by atoms with E-state index < -0.39 is 22.1 Å². The quantitative estimate of drug-likeness (QED) is 0.613. The average Bonchev–Trinajstić information content (AvgIpc) is 2.58. The van der Waals surface area contributed by atoms with Crippen LogP contribution in [-0.4, -0.2) is 27.0 Å². The highest BCUT2D eigenvalue weighted by Crippen LogP contribution is 2.18. The fourth-order valence-corrected chi connectivity index (χ4v) is 3.25. The maximum absolute atomic E-state index is 12.3. The van der Waals surface area contributed by atoms with E-state index in [1.54, 1.807) is 24.3 Å². The van der Waals surface area contributed by atoms with E-state index in [1.165, 1.54) is 6.92 Å². The molecule has 0 aliphatic carbocycles. The van der Waals surface area contributed by atoms with Gasteiger partial charge in [0.25, 0.3) is 0 Å². The first-order valence-corrected chi connectivity index (χ1v) is 8.98. The molecule has 2 aromatic carbocycles. The van der Waals surface area contributed by atoms with Crippen molar-refractivity contribution in [2.75, 3.05) is 6.54 Å². The summed E-state index contributed by atoms with van der Waals surface area (Å²) in [6.45, 7) is 1.59. The number of esters is 1. The Labute approximate surface area is 141 Å². The number of nitrogens with one attached hydrogen (secondary N) is 1. The number of nitriles is 1. The van der Waals surface area contributed by atoms with Gasteiger partial charge in [-0.1, -0.05) is 30.3 Å². The van der Waals surface area contributed by atoms with Crippen molar-refractivity contribution in [2.24, 2.45) is 0 Å². The Kier molecular flexibility index (Phi) is 5.90. The van der Waals surface area contributed by atoms with Crippen molar-refractivity contribution in [1.82, 2.24) is 4.72 Å². The number of sulfonamides is 1. The third-order valence-electron chi connectivity index (χ3n) is 3.37. The minimum atomic E-state index is -3.63. The highest BCUT2D eigenvalue weighted by molar-refractivity contribution is 7.89. The van der Waals surface area contributed by atoms with Crippen molar-refractivity contribution in [3.8, 4) is 6.07 Å². The summed E-state index contributed by atoms with van der Waals surface area (Å²) in [6.07, 6.45) is -0.456. The Morgan fingerprint density at radius 1 is 1.25 bits per heavy atom. The van der Waals surface area contributed by atoms with Gasteiger partial charge in [0.2, 0.25) is 10.0 Å². The minimum Gasteiger partial charge on any atom is -0.447 e. The van der Waals surface area contributed by atoms with Gasteiger partial charge >= 0.3 is 5.97 Å². The molecule has 0 saturated heterocycles. The zero-order chi connectivity index (χ0) is 17.6. The monoisotopic (exact) mass is 346 g/mol. The predicted molar refractivity (Wildman–Crippen MR) is 89.5 cm³/mol. The van der Waals surface area contributed by atoms with E-state index in [9.17, 15) is 13.2 Å². The van der Waals surface area contributed by atoms with Crippen molar-refractivity contribution >= 4 is 26.8 Å². The molecule has 0 aliphatic rings. The van der Waals surface area contributed by atoms with E-state index in [0.717, 1.165) is 10.8 Å². The summed E-state index contributed by atoms with van der Waals surface area (Å²) >= 11 is 0. The van der Waals surface area contributed by atoms with Crippen molar-refractivity contribution < 1.29 is 17.9 Å². The zero-order valence-electron chi connectivity index (χ0n) is 13.2. The average molecular weight is 346 g/mol. The lowest BCUT2D eigenvalue weighted by Crippen LogP contribution is -2.25. The van der Waals surface area contributed by atoms with Crippen molar-refractivity contribution in [3.63, 3.8) is 0 Å². The summed E-state index contributed by atoms with van der Waals surface area (Å²) < 4.78 is 31.8. The van der Waals surface area contributed by atoms with Gasteiger partial charge in [-0.3, -0.25) is 4.79 Å². The van der Waals surface area contributed by atoms with E-state index in [2.05, 4.69) is 4.72 Å². The van der Waals surface area contributed by atoms with Crippen LogP contribution in [0.3, 0.4) is 0 Å². The molecule has 0 radical (unpaired) electrons. The van der Waals surface area contributed by atoms with Gasteiger partial charge in [-0.25, -0.2) is 13.1 Å². The lowest BCUT2D eigenvalue weighted by molar-refractivity contribution is -0.145. The van der Waals surface area contributed by atoms with Gasteiger partial charge in [-0.05, 0) is 36.2 Å². The van der Waals surface area contributed by atoms with Crippen LogP contribution in [0.4, 0.5) is 0 Å². The Morgan fingerprint density at radius 3 is 2.67 bits per heavy atom. The molecule has 2 rings (SSSR count). The number of hydrogen-bond donors (Lipinski definition) is 1. The molecule has 0 aromatic heterocycles. The molecule has 0 spiro atoms. The third-order valence-corrected chi connectivity index (χ3v) is 4.83. The van der Waals surface area contributed by atoms with Crippen LogP contribution in [0.5, 0.6) is 0 Å². The summed E-state index contributed by atoms with van der Waals surface area (Å²) in [5.41, 5.74) is 0. The number of benzene rings is 2. The molecule has 0 unspecified atom stereocenters. The van der Waals surface area contributed by atoms with Gasteiger partial charge in [0, 0.05) is 13.0 Å². The summed E-state index contributed by atoms with van der Waals surface area (Å²) in [5, 5.41) is 10.4. The zero-order valence-corrected chi connectivity index (χ0v) is 14.0. The van der Waals surface area contributed by atoms with E-state index in [1.807, 2.05) is 24.3 Å². The normalized spacial score (nSPS) is 12.5. The second-order valence-electron chi connectivity index (χ2n) is 5.27. The molecule has 2 aromatic rings. The topological polar surface area (TPSA) is 96.3 Å². The lowest BCUT2D eigenvalue weighted by Gasteiger charge is -2.08. The SMILES string of the molecule is C[C@H](C#N)OC(=O)CCCNS(=O)(=O)c1ccc2ccccc2c1. The largest absolute Gasteiger partial charge is 0.447 e. The fraction of sp³-hybridized carbons (Fsp3) is 0.294. The van der Waals surface area contributed by atoms with E-state index >= 15 is 0 Å². The molecule has 0 bridgehead atoms. The van der Waals surface area contributed by atoms with E-state index in [0.29, 0.717) is 6.42 Å². The number of nitrogens with zero attached hydrogens (tertiary/aromatic N) is 1. The van der Waals surface area contributed by atoms with Gasteiger partial charge in [-0.2, -0.15) is 5.26 Å². The lowest BCUT2D eigenvalue weighted by atomic mass is 10.1. The van der Waals surface area contributed by atoms with Gasteiger partial charge < -0.3 is 4.74 Å². The first-order chi connectivity index (χ1) is 11.4. The van der Waals surface area contributed by atoms with Crippen LogP contribution in [0.15, 0.2) is 47.4 Å². The molecule has 1 N–H and O–H groups in total. The molecule has 0 saturated carbocycles. The molecule has 0 fully saturated rings. The second-order valence-corrected chi connectivity index (χ2v) is 7.04. The van der Waals surface area contributed by atoms with Crippen molar-refractivity contribution in [1.29, 1.82) is 5.26 Å². The van der Waals surface area contributed by atoms with Crippen molar-refractivity contribution in [3.05, 3.63) is 42.5 Å². The highest BCUT2D eigenvalue weighted by atomic mass is 32.2. The Bertz CT molecular complexity index is 872. The molecule has 0 heterocycles. The van der Waals surface area contributed by atoms with Crippen LogP contribution in [0.1, 0.15) is 19.8 Å². The van der Waals surface area contributed by atoms with Crippen LogP contribution < -0.4 is 4.72 Å². The molecule has 1 atom stereocenters. The number of ether oxygens (including phenoxy) is 1. The number of carbonyl (C=O) groups is 1. The second kappa shape index (κ2) is 7.90. The maximum Gasteiger partial charge on any atom is 0.307 e. The summed E-state index contributed by atoms with van der Waals surface area (Å²) in [6, 6.07) is 14.2. The number of rotatable bonds is 7. The van der Waals surface area contributed by atoms with Gasteiger partial charge in [-0.15, -0.1) is 0 Å². The molecule has 24 heavy (non-hydrogen) atoms. The number of hydrogen-bond acceptors (Lipinski definition) is 5. The summed E-state index contributed by atoms with van der Waals surface area (Å²) in [7, 11) is -3.63. The van der Waals surface area contributed by atoms with Gasteiger partial charge in [0.15, 0.2) is 6.10 Å². The smallest absolute Gasteiger partial charge is 0.307 e. The van der Waals surface area contributed by atoms with E-state index in [-0.39, 0.29) is 17.9 Å². The number of fused-ring (bicyclic) bond motifs is 1. The predicted octanol–water partition coefficient (Wildman–Crippen LogP) is 2.35. The van der Waals surface area contributed by atoms with Crippen LogP contribution in [0.25, 0.3) is 10.8 Å². The van der Waals surface area contributed by atoms with Gasteiger partial charge in [0.1, 0.15) is 6.07 Å². The Morgan fingerprint density at radius 2 is 1.96 bits per heavy atom. The standard InChI is InChI=1S/C17H18N2O4S/c1-13(12-18)23-17(20)7-4-10-19-24(21,22)16-9-8-14-5-2-3-6-15(14)11-16/h2-3,5-6,8-9,11,13,19H,4,7,10H2,1H3/t13-/m1/s1. The van der Waals surface area contributed by atoms with Crippen LogP contribution in [0, 0.1) is 11.3 Å². The van der Waals surface area contributed by atoms with Crippen molar-refractivity contribution in [2.45, 2.75) is 30.8 Å². The fourth-order valence-electron chi connectivity index (χ4n) is 2.14. The van der Waals surface area contributed by atoms with Crippen LogP contribution in [0.2, 0.25) is 0 Å². The summed E-state index contributed by atoms with van der Waals surface area (Å²) in [5.74, 6) is -0.519. The highest BCUT2D eigenvalue weighted by Gasteiger charge is 2.14. The Balaban J connectivity index is 1.91.